The van der Waals surface area contributed by atoms with E-state index in [0.29, 0.717) is 32.2 Å². The van der Waals surface area contributed by atoms with E-state index < -0.39 is 10.2 Å². The molecule has 0 spiro atoms. The van der Waals surface area contributed by atoms with E-state index in [4.69, 9.17) is 0 Å². The molecule has 1 aliphatic heterocycles. The van der Waals surface area contributed by atoms with Gasteiger partial charge in [-0.1, -0.05) is 24.3 Å². The summed E-state index contributed by atoms with van der Waals surface area (Å²) < 4.78 is 28.7. The molecule has 2 aliphatic rings. The SMILES string of the molecule is O=S(=O)(NCCNC1CC1)N1CCc2ccccc2C1. The van der Waals surface area contributed by atoms with Crippen molar-refractivity contribution in [2.45, 2.75) is 31.8 Å². The normalized spacial score (nSPS) is 19.8. The maximum absolute atomic E-state index is 12.2. The second-order valence-electron chi connectivity index (χ2n) is 5.48. The molecule has 1 aliphatic carbocycles. The molecule has 0 aromatic heterocycles. The summed E-state index contributed by atoms with van der Waals surface area (Å²) in [7, 11) is -3.36. The molecule has 0 amide bonds. The summed E-state index contributed by atoms with van der Waals surface area (Å²) in [6.07, 6.45) is 3.22. The van der Waals surface area contributed by atoms with Crippen molar-refractivity contribution in [1.29, 1.82) is 0 Å². The average molecular weight is 295 g/mol. The summed E-state index contributed by atoms with van der Waals surface area (Å²) in [4.78, 5) is 0. The Labute approximate surface area is 120 Å². The van der Waals surface area contributed by atoms with Gasteiger partial charge >= 0.3 is 0 Å². The average Bonchev–Trinajstić information content (AvgIpc) is 3.27. The Bertz CT molecular complexity index is 570. The minimum absolute atomic E-state index is 0.455. The van der Waals surface area contributed by atoms with Crippen molar-refractivity contribution < 1.29 is 8.42 Å². The van der Waals surface area contributed by atoms with Crippen molar-refractivity contribution in [3.8, 4) is 0 Å². The van der Waals surface area contributed by atoms with Gasteiger partial charge in [0.25, 0.3) is 10.2 Å². The zero-order valence-corrected chi connectivity index (χ0v) is 12.3. The van der Waals surface area contributed by atoms with Crippen LogP contribution < -0.4 is 10.0 Å². The van der Waals surface area contributed by atoms with Gasteiger partial charge in [0.1, 0.15) is 0 Å². The fourth-order valence-corrected chi connectivity index (χ4v) is 3.69. The van der Waals surface area contributed by atoms with Gasteiger partial charge < -0.3 is 5.32 Å². The Balaban J connectivity index is 1.55. The van der Waals surface area contributed by atoms with Gasteiger partial charge in [-0.15, -0.1) is 0 Å². The van der Waals surface area contributed by atoms with Gasteiger partial charge in [-0.3, -0.25) is 0 Å². The Morgan fingerprint density at radius 3 is 2.65 bits per heavy atom. The summed E-state index contributed by atoms with van der Waals surface area (Å²) >= 11 is 0. The van der Waals surface area contributed by atoms with Crippen molar-refractivity contribution in [2.75, 3.05) is 19.6 Å². The van der Waals surface area contributed by atoms with Crippen LogP contribution in [-0.2, 0) is 23.2 Å². The first kappa shape index (κ1) is 14.0. The number of hydrogen-bond donors (Lipinski definition) is 2. The molecule has 3 rings (SSSR count). The standard InChI is InChI=1S/C14H21N3O2S/c18-20(19,16-9-8-15-14-5-6-14)17-10-7-12-3-1-2-4-13(12)11-17/h1-4,14-16H,5-11H2. The van der Waals surface area contributed by atoms with Crippen LogP contribution >= 0.6 is 0 Å². The second-order valence-corrected chi connectivity index (χ2v) is 7.24. The van der Waals surface area contributed by atoms with Crippen molar-refractivity contribution in [3.63, 3.8) is 0 Å². The molecule has 0 radical (unpaired) electrons. The Kier molecular flexibility index (Phi) is 4.07. The molecule has 0 saturated heterocycles. The molecule has 5 nitrogen and oxygen atoms in total. The van der Waals surface area contributed by atoms with Gasteiger partial charge in [-0.05, 0) is 30.4 Å². The molecule has 0 bridgehead atoms. The second kappa shape index (κ2) is 5.81. The van der Waals surface area contributed by atoms with E-state index in [9.17, 15) is 8.42 Å². The summed E-state index contributed by atoms with van der Waals surface area (Å²) in [6, 6.07) is 8.66. The van der Waals surface area contributed by atoms with Crippen LogP contribution in [0, 0.1) is 0 Å². The van der Waals surface area contributed by atoms with Crippen molar-refractivity contribution in [3.05, 3.63) is 35.4 Å². The van der Waals surface area contributed by atoms with Crippen LogP contribution in [0.25, 0.3) is 0 Å². The lowest BCUT2D eigenvalue weighted by atomic mass is 10.0. The summed E-state index contributed by atoms with van der Waals surface area (Å²) in [5.41, 5.74) is 2.37. The molecule has 1 saturated carbocycles. The lowest BCUT2D eigenvalue weighted by Crippen LogP contribution is -2.45. The molecule has 1 aromatic carbocycles. The molecule has 0 unspecified atom stereocenters. The van der Waals surface area contributed by atoms with Crippen LogP contribution in [0.1, 0.15) is 24.0 Å². The quantitative estimate of drug-likeness (QED) is 0.757. The Morgan fingerprint density at radius 1 is 1.15 bits per heavy atom. The van der Waals surface area contributed by atoms with Crippen molar-refractivity contribution in [2.24, 2.45) is 0 Å². The molecule has 110 valence electrons. The number of nitrogens with zero attached hydrogens (tertiary/aromatic N) is 1. The number of fused-ring (bicyclic) bond motifs is 1. The van der Waals surface area contributed by atoms with Crippen LogP contribution in [0.15, 0.2) is 24.3 Å². The third-order valence-electron chi connectivity index (χ3n) is 3.86. The van der Waals surface area contributed by atoms with Gasteiger partial charge in [-0.2, -0.15) is 12.7 Å². The highest BCUT2D eigenvalue weighted by atomic mass is 32.2. The third-order valence-corrected chi connectivity index (χ3v) is 5.42. The van der Waals surface area contributed by atoms with E-state index in [2.05, 4.69) is 16.1 Å². The minimum Gasteiger partial charge on any atom is -0.313 e. The lowest BCUT2D eigenvalue weighted by molar-refractivity contribution is 0.384. The summed E-state index contributed by atoms with van der Waals surface area (Å²) in [6.45, 7) is 2.19. The highest BCUT2D eigenvalue weighted by Crippen LogP contribution is 2.20. The first-order valence-electron chi connectivity index (χ1n) is 7.20. The zero-order valence-electron chi connectivity index (χ0n) is 11.5. The predicted octanol–water partition coefficient (Wildman–Crippen LogP) is 0.631. The largest absolute Gasteiger partial charge is 0.313 e. The van der Waals surface area contributed by atoms with E-state index in [-0.39, 0.29) is 0 Å². The molecular weight excluding hydrogens is 274 g/mol. The van der Waals surface area contributed by atoms with Gasteiger partial charge in [0.2, 0.25) is 0 Å². The first-order chi connectivity index (χ1) is 9.65. The number of nitrogens with one attached hydrogen (secondary N) is 2. The lowest BCUT2D eigenvalue weighted by Gasteiger charge is -2.28. The monoisotopic (exact) mass is 295 g/mol. The Morgan fingerprint density at radius 2 is 1.90 bits per heavy atom. The van der Waals surface area contributed by atoms with E-state index in [1.807, 2.05) is 18.2 Å². The van der Waals surface area contributed by atoms with E-state index in [1.54, 1.807) is 0 Å². The summed E-state index contributed by atoms with van der Waals surface area (Å²) in [5.74, 6) is 0. The van der Waals surface area contributed by atoms with Gasteiger partial charge in [0.15, 0.2) is 0 Å². The van der Waals surface area contributed by atoms with Gasteiger partial charge in [0.05, 0.1) is 0 Å². The van der Waals surface area contributed by atoms with Crippen molar-refractivity contribution in [1.82, 2.24) is 14.3 Å². The first-order valence-corrected chi connectivity index (χ1v) is 8.64. The maximum Gasteiger partial charge on any atom is 0.279 e. The van der Waals surface area contributed by atoms with Crippen LogP contribution in [0.4, 0.5) is 0 Å². The third kappa shape index (κ3) is 3.38. The topological polar surface area (TPSA) is 61.4 Å². The van der Waals surface area contributed by atoms with Gasteiger partial charge in [0, 0.05) is 32.2 Å². The number of benzene rings is 1. The molecular formula is C14H21N3O2S. The molecule has 20 heavy (non-hydrogen) atoms. The maximum atomic E-state index is 12.2. The zero-order chi connectivity index (χ0) is 14.0. The Hall–Kier alpha value is -0.950. The fraction of sp³-hybridized carbons (Fsp3) is 0.571. The highest BCUT2D eigenvalue weighted by molar-refractivity contribution is 7.87. The number of hydrogen-bond acceptors (Lipinski definition) is 3. The molecule has 2 N–H and O–H groups in total. The molecule has 0 atom stereocenters. The van der Waals surface area contributed by atoms with Crippen LogP contribution in [-0.4, -0.2) is 38.4 Å². The van der Waals surface area contributed by atoms with Crippen LogP contribution in [0.5, 0.6) is 0 Å². The smallest absolute Gasteiger partial charge is 0.279 e. The molecule has 1 fully saturated rings. The van der Waals surface area contributed by atoms with Crippen LogP contribution in [0.2, 0.25) is 0 Å². The van der Waals surface area contributed by atoms with Crippen LogP contribution in [0.3, 0.4) is 0 Å². The van der Waals surface area contributed by atoms with Crippen molar-refractivity contribution >= 4 is 10.2 Å². The molecule has 6 heteroatoms. The molecule has 1 aromatic rings. The van der Waals surface area contributed by atoms with E-state index in [1.165, 1.54) is 22.7 Å². The highest BCUT2D eigenvalue weighted by Gasteiger charge is 2.26. The predicted molar refractivity (Wildman–Crippen MR) is 78.5 cm³/mol. The molecule has 1 heterocycles. The summed E-state index contributed by atoms with van der Waals surface area (Å²) in [5, 5.41) is 3.30. The van der Waals surface area contributed by atoms with Gasteiger partial charge in [-0.25, -0.2) is 4.72 Å². The fourth-order valence-electron chi connectivity index (χ4n) is 2.51. The van der Waals surface area contributed by atoms with E-state index in [0.717, 1.165) is 12.0 Å². The minimum atomic E-state index is -3.36. The van der Waals surface area contributed by atoms with E-state index >= 15 is 0 Å². The number of rotatable bonds is 6.